The first-order chi connectivity index (χ1) is 11.6. The first-order valence-corrected chi connectivity index (χ1v) is 10.4. The highest BCUT2D eigenvalue weighted by Crippen LogP contribution is 2.48. The number of quaternary nitrogens is 2. The molecule has 1 unspecified atom stereocenters. The zero-order valence-corrected chi connectivity index (χ0v) is 18.2. The summed E-state index contributed by atoms with van der Waals surface area (Å²) in [6, 6.07) is 0. The van der Waals surface area contributed by atoms with Gasteiger partial charge < -0.3 is 32.1 Å². The molecule has 0 aromatic carbocycles. The molecule has 0 aliphatic heterocycles. The molecule has 0 amide bonds. The third kappa shape index (κ3) is 6.41. The third-order valence-corrected chi connectivity index (χ3v) is 6.56. The highest BCUT2D eigenvalue weighted by atomic mass is 32.2. The number of carboxylic acids is 2. The highest BCUT2D eigenvalue weighted by molar-refractivity contribution is 7.88. The Bertz CT molecular complexity index is 545. The molecule has 0 bridgehead atoms. The normalized spacial score (nSPS) is 13.8. The molecule has 0 aliphatic rings. The quantitative estimate of drug-likeness (QED) is 0.283. The SMILES string of the molecule is CCCCCCCC(C(=O)[O-])(C(CCC)(CCC)C(=O)[O-])S(=O)(=O)O.[NH4+].[NH4+]. The molecule has 0 aliphatic carbocycles. The summed E-state index contributed by atoms with van der Waals surface area (Å²) in [6.45, 7) is 5.24. The van der Waals surface area contributed by atoms with Crippen molar-refractivity contribution < 1.29 is 32.8 Å². The van der Waals surface area contributed by atoms with E-state index in [9.17, 15) is 32.8 Å². The Hall–Kier alpha value is -1.23. The van der Waals surface area contributed by atoms with E-state index in [1.807, 2.05) is 6.92 Å². The summed E-state index contributed by atoms with van der Waals surface area (Å²) < 4.78 is 31.2. The van der Waals surface area contributed by atoms with E-state index >= 15 is 0 Å². The van der Waals surface area contributed by atoms with E-state index in [0.29, 0.717) is 6.42 Å². The number of rotatable bonds is 14. The molecule has 0 radical (unpaired) electrons. The van der Waals surface area contributed by atoms with Crippen LogP contribution in [-0.2, 0) is 19.7 Å². The number of carbonyl (C=O) groups is 2. The van der Waals surface area contributed by atoms with Crippen LogP contribution < -0.4 is 22.5 Å². The molecule has 9 N–H and O–H groups in total. The molecule has 0 saturated heterocycles. The molecule has 0 spiro atoms. The smallest absolute Gasteiger partial charge is 0.277 e. The highest BCUT2D eigenvalue weighted by Gasteiger charge is 2.60. The van der Waals surface area contributed by atoms with Gasteiger partial charge in [0.2, 0.25) is 0 Å². The summed E-state index contributed by atoms with van der Waals surface area (Å²) in [5.41, 5.74) is -2.23. The van der Waals surface area contributed by atoms with Crippen LogP contribution in [0.15, 0.2) is 0 Å². The maximum absolute atomic E-state index is 12.2. The molecule has 0 fully saturated rings. The summed E-state index contributed by atoms with van der Waals surface area (Å²) in [7, 11) is -5.25. The van der Waals surface area contributed by atoms with Crippen molar-refractivity contribution in [1.82, 2.24) is 12.3 Å². The predicted octanol–water partition coefficient (Wildman–Crippen LogP) is 1.81. The fraction of sp³-hybridized carbons (Fsp3) is 0.882. The Morgan fingerprint density at radius 2 is 1.22 bits per heavy atom. The number of hydrogen-bond acceptors (Lipinski definition) is 6. The van der Waals surface area contributed by atoms with Crippen molar-refractivity contribution in [2.24, 2.45) is 5.41 Å². The van der Waals surface area contributed by atoms with E-state index in [1.54, 1.807) is 13.8 Å². The number of unbranched alkanes of at least 4 members (excludes halogenated alkanes) is 4. The fourth-order valence-electron chi connectivity index (χ4n) is 3.75. The minimum absolute atomic E-state index is 0. The molecule has 0 aromatic heterocycles. The molecule has 10 heteroatoms. The van der Waals surface area contributed by atoms with Gasteiger partial charge in [0.15, 0.2) is 0 Å². The van der Waals surface area contributed by atoms with Crippen molar-refractivity contribution in [2.75, 3.05) is 0 Å². The van der Waals surface area contributed by atoms with Gasteiger partial charge in [-0.2, -0.15) is 8.42 Å². The summed E-state index contributed by atoms with van der Waals surface area (Å²) in [5.74, 6) is -3.84. The van der Waals surface area contributed by atoms with Gasteiger partial charge in [0, 0.05) is 11.4 Å². The minimum atomic E-state index is -5.25. The van der Waals surface area contributed by atoms with Gasteiger partial charge >= 0.3 is 0 Å². The molecule has 1 atom stereocenters. The van der Waals surface area contributed by atoms with Gasteiger partial charge in [-0.15, -0.1) is 0 Å². The first kappa shape index (κ1) is 30.5. The van der Waals surface area contributed by atoms with Crippen LogP contribution in [0.2, 0.25) is 0 Å². The van der Waals surface area contributed by atoms with E-state index in [1.165, 1.54) is 0 Å². The van der Waals surface area contributed by atoms with Crippen LogP contribution in [-0.4, -0.2) is 29.7 Å². The Labute approximate surface area is 162 Å². The number of aliphatic carboxylic acids is 2. The van der Waals surface area contributed by atoms with Crippen LogP contribution in [0.1, 0.15) is 85.0 Å². The summed E-state index contributed by atoms with van der Waals surface area (Å²) in [5, 5.41) is 23.9. The van der Waals surface area contributed by atoms with Crippen LogP contribution in [0, 0.1) is 5.41 Å². The van der Waals surface area contributed by atoms with E-state index < -0.39 is 38.6 Å². The standard InChI is InChI=1S/C17H32O7S.2H3N/c1-4-7-8-9-10-13-17(15(20)21,25(22,23)24)16(11-5-2,12-6-3)14(18)19;;/h4-13H2,1-3H3,(H,18,19)(H,20,21)(H,22,23,24);2*1H3. The van der Waals surface area contributed by atoms with Crippen LogP contribution in [0.4, 0.5) is 0 Å². The number of hydrogen-bond donors (Lipinski definition) is 3. The lowest BCUT2D eigenvalue weighted by molar-refractivity contribution is -0.334. The van der Waals surface area contributed by atoms with Crippen molar-refractivity contribution in [3.63, 3.8) is 0 Å². The van der Waals surface area contributed by atoms with Gasteiger partial charge in [0.25, 0.3) is 10.1 Å². The summed E-state index contributed by atoms with van der Waals surface area (Å²) >= 11 is 0. The van der Waals surface area contributed by atoms with Crippen molar-refractivity contribution in [1.29, 1.82) is 0 Å². The minimum Gasteiger partial charge on any atom is -0.549 e. The van der Waals surface area contributed by atoms with E-state index in [4.69, 9.17) is 0 Å². The van der Waals surface area contributed by atoms with E-state index in [2.05, 4.69) is 0 Å². The van der Waals surface area contributed by atoms with E-state index in [-0.39, 0.29) is 44.4 Å². The lowest BCUT2D eigenvalue weighted by Crippen LogP contribution is -2.68. The van der Waals surface area contributed by atoms with Gasteiger partial charge in [0.05, 0.1) is 5.97 Å². The molecule has 0 aromatic rings. The van der Waals surface area contributed by atoms with Crippen molar-refractivity contribution >= 4 is 22.1 Å². The van der Waals surface area contributed by atoms with Crippen LogP contribution in [0.3, 0.4) is 0 Å². The Morgan fingerprint density at radius 1 is 0.778 bits per heavy atom. The second-order valence-corrected chi connectivity index (χ2v) is 8.27. The first-order valence-electron chi connectivity index (χ1n) is 8.97. The third-order valence-electron chi connectivity index (χ3n) is 4.92. The maximum atomic E-state index is 12.2. The molecular weight excluding hydrogens is 376 g/mol. The van der Waals surface area contributed by atoms with Crippen molar-refractivity contribution in [3.05, 3.63) is 0 Å². The van der Waals surface area contributed by atoms with Crippen molar-refractivity contribution in [2.45, 2.75) is 89.7 Å². The summed E-state index contributed by atoms with van der Waals surface area (Å²) in [4.78, 5) is 23.9. The molecule has 0 saturated carbocycles. The van der Waals surface area contributed by atoms with Crippen molar-refractivity contribution in [3.8, 4) is 0 Å². The number of carboxylic acid groups (broad SMARTS) is 2. The van der Waals surface area contributed by atoms with Gasteiger partial charge in [-0.05, 0) is 19.3 Å². The zero-order chi connectivity index (χ0) is 19.7. The molecule has 164 valence electrons. The second kappa shape index (κ2) is 13.0. The Morgan fingerprint density at radius 3 is 1.52 bits per heavy atom. The summed E-state index contributed by atoms with van der Waals surface area (Å²) in [6.07, 6.45) is 2.81. The van der Waals surface area contributed by atoms with Gasteiger partial charge in [-0.3, -0.25) is 4.55 Å². The predicted molar refractivity (Wildman–Crippen MR) is 102 cm³/mol. The van der Waals surface area contributed by atoms with Crippen LogP contribution >= 0.6 is 0 Å². The van der Waals surface area contributed by atoms with Crippen LogP contribution in [0.25, 0.3) is 0 Å². The zero-order valence-electron chi connectivity index (χ0n) is 17.4. The molecule has 27 heavy (non-hydrogen) atoms. The number of carbonyl (C=O) groups excluding carboxylic acids is 2. The monoisotopic (exact) mass is 414 g/mol. The average molecular weight is 415 g/mol. The Balaban J connectivity index is -0.00000288. The molecule has 0 heterocycles. The van der Waals surface area contributed by atoms with Gasteiger partial charge in [0.1, 0.15) is 4.75 Å². The second-order valence-electron chi connectivity index (χ2n) is 6.62. The molecular formula is C17H38N2O7S. The van der Waals surface area contributed by atoms with E-state index in [0.717, 1.165) is 19.3 Å². The lowest BCUT2D eigenvalue weighted by atomic mass is 9.66. The molecule has 0 rings (SSSR count). The largest absolute Gasteiger partial charge is 0.549 e. The maximum Gasteiger partial charge on any atom is 0.277 e. The average Bonchev–Trinajstić information content (AvgIpc) is 2.48. The lowest BCUT2D eigenvalue weighted by Gasteiger charge is -2.50. The topological polar surface area (TPSA) is 208 Å². The van der Waals surface area contributed by atoms with Gasteiger partial charge in [-0.25, -0.2) is 0 Å². The van der Waals surface area contributed by atoms with Crippen LogP contribution in [0.5, 0.6) is 0 Å². The fourth-order valence-corrected chi connectivity index (χ4v) is 5.14. The molecule has 9 nitrogen and oxygen atoms in total. The Kier molecular flexibility index (Phi) is 14.7. The van der Waals surface area contributed by atoms with Gasteiger partial charge in [-0.1, -0.05) is 65.7 Å².